The molecule has 0 aliphatic carbocycles. The van der Waals surface area contributed by atoms with Crippen LogP contribution in [0.15, 0.2) is 84.9 Å². The van der Waals surface area contributed by atoms with Crippen LogP contribution in [-0.2, 0) is 18.9 Å². The molecule has 5 atom stereocenters. The van der Waals surface area contributed by atoms with Crippen LogP contribution in [0.1, 0.15) is 31.1 Å². The standard InChI is InChI=1S/C28H25ClO9/c1-34-20-14-12-19(13-15-20)27(32)36-22-21(16-29)35-28(33)24(38-26(31)18-10-6-3-7-11-18)23(22)37-25(30)17-8-4-2-5-9-17/h2-15,21-24,28,33H,16H2,1H3/t21-,22+,23+,24-,28-/m1/s1. The number of aliphatic hydroxyl groups excluding tert-OH is 1. The second kappa shape index (κ2) is 12.6. The minimum absolute atomic E-state index is 0.177. The third-order valence-corrected chi connectivity index (χ3v) is 6.14. The number of ether oxygens (including phenoxy) is 5. The zero-order chi connectivity index (χ0) is 27.1. The fourth-order valence-electron chi connectivity index (χ4n) is 3.87. The zero-order valence-electron chi connectivity index (χ0n) is 20.3. The summed E-state index contributed by atoms with van der Waals surface area (Å²) in [5.74, 6) is -2.06. The summed E-state index contributed by atoms with van der Waals surface area (Å²) in [6.45, 7) is 0. The highest BCUT2D eigenvalue weighted by Crippen LogP contribution is 2.30. The predicted molar refractivity (Wildman–Crippen MR) is 135 cm³/mol. The van der Waals surface area contributed by atoms with Crippen molar-refractivity contribution in [3.63, 3.8) is 0 Å². The van der Waals surface area contributed by atoms with Gasteiger partial charge in [-0.3, -0.25) is 0 Å². The molecule has 0 unspecified atom stereocenters. The number of hydrogen-bond donors (Lipinski definition) is 1. The fraction of sp³-hybridized carbons (Fsp3) is 0.250. The van der Waals surface area contributed by atoms with Gasteiger partial charge in [-0.2, -0.15) is 0 Å². The van der Waals surface area contributed by atoms with Gasteiger partial charge < -0.3 is 28.8 Å². The third kappa shape index (κ3) is 6.31. The molecule has 1 N–H and O–H groups in total. The number of esters is 3. The second-order valence-corrected chi connectivity index (χ2v) is 8.60. The number of carbonyl (C=O) groups excluding carboxylic acids is 3. The quantitative estimate of drug-likeness (QED) is 0.259. The smallest absolute Gasteiger partial charge is 0.338 e. The molecule has 1 aliphatic heterocycles. The Kier molecular flexibility index (Phi) is 8.96. The van der Waals surface area contributed by atoms with Crippen LogP contribution in [0, 0.1) is 0 Å². The highest BCUT2D eigenvalue weighted by Gasteiger charge is 2.52. The van der Waals surface area contributed by atoms with E-state index in [1.165, 1.54) is 43.5 Å². The van der Waals surface area contributed by atoms with Gasteiger partial charge in [-0.25, -0.2) is 14.4 Å². The molecule has 1 heterocycles. The molecule has 1 aliphatic rings. The largest absolute Gasteiger partial charge is 0.497 e. The van der Waals surface area contributed by atoms with E-state index < -0.39 is 48.6 Å². The highest BCUT2D eigenvalue weighted by molar-refractivity contribution is 6.18. The van der Waals surface area contributed by atoms with Crippen LogP contribution in [0.5, 0.6) is 5.75 Å². The Morgan fingerprint density at radius 2 is 1.16 bits per heavy atom. The molecule has 1 fully saturated rings. The Morgan fingerprint density at radius 3 is 1.63 bits per heavy atom. The number of rotatable bonds is 8. The Hall–Kier alpha value is -3.92. The Labute approximate surface area is 223 Å². The predicted octanol–water partition coefficient (Wildman–Crippen LogP) is 3.63. The number of aliphatic hydroxyl groups is 1. The number of alkyl halides is 1. The van der Waals surface area contributed by atoms with Crippen molar-refractivity contribution in [2.75, 3.05) is 13.0 Å². The lowest BCUT2D eigenvalue weighted by atomic mass is 9.98. The molecular formula is C28H25ClO9. The molecule has 9 nitrogen and oxygen atoms in total. The minimum atomic E-state index is -1.73. The van der Waals surface area contributed by atoms with Crippen molar-refractivity contribution in [3.8, 4) is 5.75 Å². The number of halogens is 1. The maximum atomic E-state index is 13.0. The molecule has 0 aromatic heterocycles. The molecule has 3 aromatic rings. The van der Waals surface area contributed by atoms with Crippen molar-refractivity contribution in [1.82, 2.24) is 0 Å². The summed E-state index contributed by atoms with van der Waals surface area (Å²) in [6, 6.07) is 22.3. The molecule has 198 valence electrons. The molecule has 0 amide bonds. The second-order valence-electron chi connectivity index (χ2n) is 8.29. The minimum Gasteiger partial charge on any atom is -0.497 e. The fourth-order valence-corrected chi connectivity index (χ4v) is 4.12. The Morgan fingerprint density at radius 1 is 0.711 bits per heavy atom. The Balaban J connectivity index is 1.65. The summed E-state index contributed by atoms with van der Waals surface area (Å²) in [6.07, 6.45) is -7.13. The first kappa shape index (κ1) is 27.1. The van der Waals surface area contributed by atoms with Crippen molar-refractivity contribution >= 4 is 29.5 Å². The van der Waals surface area contributed by atoms with Gasteiger partial charge in [0.25, 0.3) is 0 Å². The SMILES string of the molecule is COc1ccc(C(=O)O[C@@H]2[C@H](OC(=O)c3ccccc3)[C@@H](OC(=O)c3ccccc3)[C@H](O)O[C@@H]2CCl)cc1. The van der Waals surface area contributed by atoms with Crippen LogP contribution in [0.2, 0.25) is 0 Å². The van der Waals surface area contributed by atoms with Gasteiger partial charge in [0.1, 0.15) is 11.9 Å². The molecule has 0 spiro atoms. The van der Waals surface area contributed by atoms with E-state index in [4.69, 9.17) is 35.3 Å². The lowest BCUT2D eigenvalue weighted by molar-refractivity contribution is -0.274. The maximum Gasteiger partial charge on any atom is 0.338 e. The average Bonchev–Trinajstić information content (AvgIpc) is 2.96. The topological polar surface area (TPSA) is 118 Å². The van der Waals surface area contributed by atoms with Gasteiger partial charge in [0.05, 0.1) is 29.7 Å². The normalized spacial score (nSPS) is 22.7. The van der Waals surface area contributed by atoms with Crippen molar-refractivity contribution in [2.24, 2.45) is 0 Å². The van der Waals surface area contributed by atoms with E-state index in [1.54, 1.807) is 48.5 Å². The molecule has 38 heavy (non-hydrogen) atoms. The summed E-state index contributed by atoms with van der Waals surface area (Å²) in [5.41, 5.74) is 0.569. The van der Waals surface area contributed by atoms with Gasteiger partial charge in [0.2, 0.25) is 0 Å². The van der Waals surface area contributed by atoms with E-state index in [0.29, 0.717) is 5.75 Å². The molecule has 1 saturated heterocycles. The van der Waals surface area contributed by atoms with Crippen LogP contribution in [0.25, 0.3) is 0 Å². The number of methoxy groups -OCH3 is 1. The van der Waals surface area contributed by atoms with Gasteiger partial charge in [-0.15, -0.1) is 11.6 Å². The van der Waals surface area contributed by atoms with Crippen LogP contribution in [0.4, 0.5) is 0 Å². The summed E-state index contributed by atoms with van der Waals surface area (Å²) in [4.78, 5) is 38.9. The summed E-state index contributed by atoms with van der Waals surface area (Å²) in [7, 11) is 1.49. The number of hydrogen-bond acceptors (Lipinski definition) is 9. The first-order valence-electron chi connectivity index (χ1n) is 11.7. The third-order valence-electron chi connectivity index (χ3n) is 5.84. The highest BCUT2D eigenvalue weighted by atomic mass is 35.5. The van der Waals surface area contributed by atoms with Crippen LogP contribution >= 0.6 is 11.6 Å². The Bertz CT molecular complexity index is 1230. The monoisotopic (exact) mass is 540 g/mol. The summed E-state index contributed by atoms with van der Waals surface area (Å²) in [5, 5.41) is 10.7. The van der Waals surface area contributed by atoms with Gasteiger partial charge in [0, 0.05) is 0 Å². The summed E-state index contributed by atoms with van der Waals surface area (Å²) >= 11 is 6.09. The van der Waals surface area contributed by atoms with E-state index >= 15 is 0 Å². The molecule has 0 bridgehead atoms. The van der Waals surface area contributed by atoms with Crippen molar-refractivity contribution in [2.45, 2.75) is 30.7 Å². The van der Waals surface area contributed by atoms with E-state index in [2.05, 4.69) is 0 Å². The molecule has 3 aromatic carbocycles. The number of carbonyl (C=O) groups is 3. The van der Waals surface area contributed by atoms with Crippen molar-refractivity contribution in [3.05, 3.63) is 102 Å². The van der Waals surface area contributed by atoms with E-state index in [-0.39, 0.29) is 22.6 Å². The molecule has 10 heteroatoms. The lowest BCUT2D eigenvalue weighted by Gasteiger charge is -2.42. The van der Waals surface area contributed by atoms with Crippen LogP contribution < -0.4 is 4.74 Å². The first-order chi connectivity index (χ1) is 18.4. The van der Waals surface area contributed by atoms with Crippen molar-refractivity contribution < 1.29 is 43.2 Å². The van der Waals surface area contributed by atoms with Gasteiger partial charge in [-0.1, -0.05) is 36.4 Å². The lowest BCUT2D eigenvalue weighted by Crippen LogP contribution is -2.62. The molecule has 0 saturated carbocycles. The van der Waals surface area contributed by atoms with Gasteiger partial charge in [-0.05, 0) is 48.5 Å². The molecule has 0 radical (unpaired) electrons. The number of benzene rings is 3. The molecule has 4 rings (SSSR count). The van der Waals surface area contributed by atoms with Crippen LogP contribution in [0.3, 0.4) is 0 Å². The van der Waals surface area contributed by atoms with Gasteiger partial charge >= 0.3 is 17.9 Å². The van der Waals surface area contributed by atoms with E-state index in [0.717, 1.165) is 0 Å². The van der Waals surface area contributed by atoms with Gasteiger partial charge in [0.15, 0.2) is 24.6 Å². The van der Waals surface area contributed by atoms with Crippen LogP contribution in [-0.4, -0.2) is 66.7 Å². The summed E-state index contributed by atoms with van der Waals surface area (Å²) < 4.78 is 27.6. The first-order valence-corrected chi connectivity index (χ1v) is 12.2. The molecular weight excluding hydrogens is 516 g/mol. The van der Waals surface area contributed by atoms with E-state index in [1.807, 2.05) is 0 Å². The maximum absolute atomic E-state index is 13.0. The zero-order valence-corrected chi connectivity index (χ0v) is 21.0. The van der Waals surface area contributed by atoms with Crippen molar-refractivity contribution in [1.29, 1.82) is 0 Å². The van der Waals surface area contributed by atoms with E-state index in [9.17, 15) is 19.5 Å². The average molecular weight is 541 g/mol.